The first-order valence-corrected chi connectivity index (χ1v) is 6.29. The fraction of sp³-hybridized carbons (Fsp3) is 0.0769. The Morgan fingerprint density at radius 2 is 2.00 bits per heavy atom. The average Bonchev–Trinajstić information content (AvgIpc) is 2.38. The van der Waals surface area contributed by atoms with Crippen LogP contribution in [-0.4, -0.2) is 16.1 Å². The monoisotopic (exact) mass is 355 g/mol. The molecule has 0 saturated heterocycles. The number of hydrogen-bond acceptors (Lipinski definition) is 3. The standard InChI is InChI=1S/C13H10INO3/c14-10-3-1-9(2-4-10)8-18-12-7-15-6-5-11(12)13(16)17/h1-7H,8H2,(H,16,17). The molecule has 2 aromatic rings. The molecule has 1 heterocycles. The molecule has 0 fully saturated rings. The van der Waals surface area contributed by atoms with Crippen molar-refractivity contribution in [2.75, 3.05) is 0 Å². The molecule has 0 bridgehead atoms. The summed E-state index contributed by atoms with van der Waals surface area (Å²) in [5.41, 5.74) is 1.10. The van der Waals surface area contributed by atoms with E-state index in [0.29, 0.717) is 6.61 Å². The summed E-state index contributed by atoms with van der Waals surface area (Å²) in [7, 11) is 0. The van der Waals surface area contributed by atoms with E-state index in [1.165, 1.54) is 18.5 Å². The highest BCUT2D eigenvalue weighted by molar-refractivity contribution is 14.1. The normalized spacial score (nSPS) is 10.1. The zero-order chi connectivity index (χ0) is 13.0. The smallest absolute Gasteiger partial charge is 0.339 e. The number of halogens is 1. The molecule has 0 aliphatic heterocycles. The zero-order valence-corrected chi connectivity index (χ0v) is 11.5. The number of hydrogen-bond donors (Lipinski definition) is 1. The minimum Gasteiger partial charge on any atom is -0.486 e. The third-order valence-electron chi connectivity index (χ3n) is 2.32. The number of carboxylic acids is 1. The van der Waals surface area contributed by atoms with E-state index >= 15 is 0 Å². The van der Waals surface area contributed by atoms with Gasteiger partial charge >= 0.3 is 5.97 Å². The number of pyridine rings is 1. The van der Waals surface area contributed by atoms with Gasteiger partial charge in [0.2, 0.25) is 0 Å². The van der Waals surface area contributed by atoms with Gasteiger partial charge in [0, 0.05) is 9.77 Å². The van der Waals surface area contributed by atoms with E-state index in [4.69, 9.17) is 9.84 Å². The van der Waals surface area contributed by atoms with Gasteiger partial charge in [0.1, 0.15) is 12.2 Å². The third kappa shape index (κ3) is 3.19. The number of aromatic carboxylic acids is 1. The summed E-state index contributed by atoms with van der Waals surface area (Å²) < 4.78 is 6.62. The summed E-state index contributed by atoms with van der Waals surface area (Å²) >= 11 is 2.22. The summed E-state index contributed by atoms with van der Waals surface area (Å²) in [6, 6.07) is 9.25. The van der Waals surface area contributed by atoms with Crippen LogP contribution >= 0.6 is 22.6 Å². The minimum absolute atomic E-state index is 0.121. The van der Waals surface area contributed by atoms with E-state index in [2.05, 4.69) is 27.6 Å². The number of carbonyl (C=O) groups is 1. The third-order valence-corrected chi connectivity index (χ3v) is 3.04. The summed E-state index contributed by atoms with van der Waals surface area (Å²) in [6.45, 7) is 0.322. The first-order chi connectivity index (χ1) is 8.66. The van der Waals surface area contributed by atoms with Crippen LogP contribution in [0.5, 0.6) is 5.75 Å². The quantitative estimate of drug-likeness (QED) is 0.857. The van der Waals surface area contributed by atoms with Crippen molar-refractivity contribution in [3.05, 3.63) is 57.4 Å². The number of benzene rings is 1. The Morgan fingerprint density at radius 1 is 1.28 bits per heavy atom. The van der Waals surface area contributed by atoms with E-state index in [9.17, 15) is 4.79 Å². The number of rotatable bonds is 4. The van der Waals surface area contributed by atoms with E-state index in [-0.39, 0.29) is 11.3 Å². The van der Waals surface area contributed by atoms with Crippen LogP contribution in [0.3, 0.4) is 0 Å². The lowest BCUT2D eigenvalue weighted by Crippen LogP contribution is -2.03. The number of carboxylic acid groups (broad SMARTS) is 1. The summed E-state index contributed by atoms with van der Waals surface area (Å²) in [6.07, 6.45) is 2.84. The predicted molar refractivity (Wildman–Crippen MR) is 74.7 cm³/mol. The van der Waals surface area contributed by atoms with Crippen molar-refractivity contribution >= 4 is 28.6 Å². The second-order valence-corrected chi connectivity index (χ2v) is 4.84. The van der Waals surface area contributed by atoms with Crippen molar-refractivity contribution in [3.8, 4) is 5.75 Å². The van der Waals surface area contributed by atoms with Crippen molar-refractivity contribution < 1.29 is 14.6 Å². The van der Waals surface area contributed by atoms with Crippen LogP contribution in [0.1, 0.15) is 15.9 Å². The molecule has 1 aromatic carbocycles. The molecule has 5 heteroatoms. The molecular weight excluding hydrogens is 345 g/mol. The summed E-state index contributed by atoms with van der Waals surface area (Å²) in [4.78, 5) is 14.8. The highest BCUT2D eigenvalue weighted by Crippen LogP contribution is 2.18. The molecule has 0 unspecified atom stereocenters. The van der Waals surface area contributed by atoms with Crippen LogP contribution < -0.4 is 4.74 Å². The van der Waals surface area contributed by atoms with Crippen LogP contribution in [0.4, 0.5) is 0 Å². The van der Waals surface area contributed by atoms with Gasteiger partial charge in [-0.05, 0) is 46.4 Å². The maximum absolute atomic E-state index is 11.0. The Balaban J connectivity index is 2.10. The van der Waals surface area contributed by atoms with E-state index in [0.717, 1.165) is 9.13 Å². The van der Waals surface area contributed by atoms with Gasteiger partial charge in [-0.3, -0.25) is 4.98 Å². The van der Waals surface area contributed by atoms with E-state index in [1.54, 1.807) is 0 Å². The molecule has 0 radical (unpaired) electrons. The second-order valence-electron chi connectivity index (χ2n) is 3.59. The maximum Gasteiger partial charge on any atom is 0.339 e. The highest BCUT2D eigenvalue weighted by atomic mass is 127. The number of nitrogens with zero attached hydrogens (tertiary/aromatic N) is 1. The Labute approximate surface area is 118 Å². The SMILES string of the molecule is O=C(O)c1ccncc1OCc1ccc(I)cc1. The minimum atomic E-state index is -1.02. The van der Waals surface area contributed by atoms with Gasteiger partial charge in [-0.2, -0.15) is 0 Å². The first kappa shape index (κ1) is 12.8. The van der Waals surface area contributed by atoms with Crippen molar-refractivity contribution in [1.82, 2.24) is 4.98 Å². The van der Waals surface area contributed by atoms with Crippen molar-refractivity contribution in [2.45, 2.75) is 6.61 Å². The van der Waals surface area contributed by atoms with Gasteiger partial charge in [-0.1, -0.05) is 12.1 Å². The molecular formula is C13H10INO3. The molecule has 92 valence electrons. The van der Waals surface area contributed by atoms with Crippen LogP contribution in [0.25, 0.3) is 0 Å². The fourth-order valence-electron chi connectivity index (χ4n) is 1.41. The molecule has 0 amide bonds. The Hall–Kier alpha value is -1.63. The lowest BCUT2D eigenvalue weighted by molar-refractivity contribution is 0.0691. The van der Waals surface area contributed by atoms with Gasteiger partial charge in [0.15, 0.2) is 5.75 Å². The van der Waals surface area contributed by atoms with Crippen molar-refractivity contribution in [2.24, 2.45) is 0 Å². The topological polar surface area (TPSA) is 59.4 Å². The van der Waals surface area contributed by atoms with Gasteiger partial charge in [0.25, 0.3) is 0 Å². The van der Waals surface area contributed by atoms with Gasteiger partial charge in [-0.25, -0.2) is 4.79 Å². The molecule has 2 rings (SSSR count). The van der Waals surface area contributed by atoms with Gasteiger partial charge in [0.05, 0.1) is 6.20 Å². The molecule has 0 saturated carbocycles. The van der Waals surface area contributed by atoms with E-state index < -0.39 is 5.97 Å². The molecule has 1 N–H and O–H groups in total. The first-order valence-electron chi connectivity index (χ1n) is 5.21. The largest absolute Gasteiger partial charge is 0.486 e. The van der Waals surface area contributed by atoms with Crippen LogP contribution in [0, 0.1) is 3.57 Å². The highest BCUT2D eigenvalue weighted by Gasteiger charge is 2.10. The van der Waals surface area contributed by atoms with Gasteiger partial charge in [-0.15, -0.1) is 0 Å². The summed E-state index contributed by atoms with van der Waals surface area (Å²) in [5, 5.41) is 8.99. The van der Waals surface area contributed by atoms with E-state index in [1.807, 2.05) is 24.3 Å². The number of aromatic nitrogens is 1. The zero-order valence-electron chi connectivity index (χ0n) is 9.34. The summed E-state index contributed by atoms with van der Waals surface area (Å²) in [5.74, 6) is -0.737. The van der Waals surface area contributed by atoms with Crippen molar-refractivity contribution in [1.29, 1.82) is 0 Å². The maximum atomic E-state index is 11.0. The Morgan fingerprint density at radius 3 is 2.67 bits per heavy atom. The predicted octanol–water partition coefficient (Wildman–Crippen LogP) is 2.96. The van der Waals surface area contributed by atoms with Crippen molar-refractivity contribution in [3.63, 3.8) is 0 Å². The molecule has 0 aliphatic rings. The molecule has 18 heavy (non-hydrogen) atoms. The van der Waals surface area contributed by atoms with Crippen LogP contribution in [0.2, 0.25) is 0 Å². The average molecular weight is 355 g/mol. The molecule has 0 aliphatic carbocycles. The second kappa shape index (κ2) is 5.81. The Bertz CT molecular complexity index is 554. The molecule has 0 atom stereocenters. The van der Waals surface area contributed by atoms with Crippen LogP contribution in [0.15, 0.2) is 42.7 Å². The lowest BCUT2D eigenvalue weighted by Gasteiger charge is -2.08. The van der Waals surface area contributed by atoms with Crippen LogP contribution in [-0.2, 0) is 6.61 Å². The molecule has 4 nitrogen and oxygen atoms in total. The molecule has 1 aromatic heterocycles. The number of ether oxygens (including phenoxy) is 1. The molecule has 0 spiro atoms. The lowest BCUT2D eigenvalue weighted by atomic mass is 10.2. The Kier molecular flexibility index (Phi) is 4.14. The van der Waals surface area contributed by atoms with Gasteiger partial charge < -0.3 is 9.84 Å². The fourth-order valence-corrected chi connectivity index (χ4v) is 1.77.